The molecule has 3 N–H and O–H groups in total. The summed E-state index contributed by atoms with van der Waals surface area (Å²) in [6, 6.07) is 7.74. The second kappa shape index (κ2) is 12.3. The number of guanidine groups is 1. The average Bonchev–Trinajstić information content (AvgIpc) is 2.48. The first-order valence-corrected chi connectivity index (χ1v) is 7.16. The van der Waals surface area contributed by atoms with Gasteiger partial charge in [-0.15, -0.1) is 30.6 Å². The number of halogens is 1. The molecule has 5 nitrogen and oxygen atoms in total. The first-order valence-electron chi connectivity index (χ1n) is 7.16. The molecule has 1 atom stereocenters. The second-order valence-electron chi connectivity index (χ2n) is 4.67. The van der Waals surface area contributed by atoms with Crippen LogP contribution in [0.4, 0.5) is 0 Å². The summed E-state index contributed by atoms with van der Waals surface area (Å²) in [6.07, 6.45) is 1.11. The molecule has 0 amide bonds. The van der Waals surface area contributed by atoms with Crippen LogP contribution in [0.2, 0.25) is 0 Å². The summed E-state index contributed by atoms with van der Waals surface area (Å²) in [5, 5.41) is 16.1. The Morgan fingerprint density at radius 3 is 2.86 bits per heavy atom. The monoisotopic (exact) mass is 419 g/mol. The molecule has 0 aliphatic rings. The van der Waals surface area contributed by atoms with Crippen molar-refractivity contribution in [1.29, 1.82) is 0 Å². The smallest absolute Gasteiger partial charge is 0.191 e. The Labute approximate surface area is 149 Å². The zero-order valence-corrected chi connectivity index (χ0v) is 15.5. The summed E-state index contributed by atoms with van der Waals surface area (Å²) in [6.45, 7) is 9.52. The van der Waals surface area contributed by atoms with E-state index in [9.17, 15) is 5.11 Å². The van der Waals surface area contributed by atoms with Crippen molar-refractivity contribution in [2.45, 2.75) is 20.0 Å². The lowest BCUT2D eigenvalue weighted by atomic mass is 10.2. The van der Waals surface area contributed by atoms with Crippen molar-refractivity contribution in [2.24, 2.45) is 4.99 Å². The normalized spacial score (nSPS) is 12.0. The van der Waals surface area contributed by atoms with Crippen LogP contribution in [0.3, 0.4) is 0 Å². The summed E-state index contributed by atoms with van der Waals surface area (Å²) in [4.78, 5) is 4.30. The summed E-state index contributed by atoms with van der Waals surface area (Å²) >= 11 is 0. The fourth-order valence-electron chi connectivity index (χ4n) is 1.66. The molecule has 0 saturated carbocycles. The maximum atomic E-state index is 9.91. The van der Waals surface area contributed by atoms with Crippen molar-refractivity contribution in [3.05, 3.63) is 42.5 Å². The molecule has 1 unspecified atom stereocenters. The molecule has 124 valence electrons. The molecular weight excluding hydrogens is 393 g/mol. The molecule has 1 rings (SSSR count). The van der Waals surface area contributed by atoms with Gasteiger partial charge >= 0.3 is 0 Å². The molecule has 0 bridgehead atoms. The van der Waals surface area contributed by atoms with Crippen LogP contribution in [0.25, 0.3) is 0 Å². The molecule has 0 spiro atoms. The molecule has 0 aromatic heterocycles. The van der Waals surface area contributed by atoms with Gasteiger partial charge in [-0.25, -0.2) is 0 Å². The van der Waals surface area contributed by atoms with Gasteiger partial charge in [-0.3, -0.25) is 4.99 Å². The number of aliphatic imine (C=N–C) groups is 1. The fourth-order valence-corrected chi connectivity index (χ4v) is 1.66. The highest BCUT2D eigenvalue weighted by atomic mass is 127. The molecular formula is C16H26IN3O2. The number of aryl methyl sites for hydroxylation is 1. The number of nitrogens with zero attached hydrogens (tertiary/aromatic N) is 1. The number of aliphatic hydroxyl groups excluding tert-OH is 1. The van der Waals surface area contributed by atoms with Crippen LogP contribution in [-0.2, 0) is 0 Å². The molecule has 0 fully saturated rings. The van der Waals surface area contributed by atoms with Crippen molar-refractivity contribution >= 4 is 29.9 Å². The van der Waals surface area contributed by atoms with Gasteiger partial charge in [-0.2, -0.15) is 0 Å². The molecule has 1 aromatic rings. The summed E-state index contributed by atoms with van der Waals surface area (Å²) in [5.41, 5.74) is 1.13. The molecule has 0 heterocycles. The predicted octanol–water partition coefficient (Wildman–Crippen LogP) is 2.09. The van der Waals surface area contributed by atoms with E-state index in [4.69, 9.17) is 4.74 Å². The van der Waals surface area contributed by atoms with Crippen molar-refractivity contribution in [3.8, 4) is 5.75 Å². The lowest BCUT2D eigenvalue weighted by molar-refractivity contribution is 0.114. The quantitative estimate of drug-likeness (QED) is 0.261. The lowest BCUT2D eigenvalue weighted by Gasteiger charge is -2.13. The number of benzene rings is 1. The molecule has 22 heavy (non-hydrogen) atoms. The van der Waals surface area contributed by atoms with E-state index in [0.29, 0.717) is 12.5 Å². The maximum absolute atomic E-state index is 9.91. The van der Waals surface area contributed by atoms with Crippen LogP contribution in [0.15, 0.2) is 41.9 Å². The van der Waals surface area contributed by atoms with E-state index in [1.54, 1.807) is 6.08 Å². The van der Waals surface area contributed by atoms with E-state index >= 15 is 0 Å². The van der Waals surface area contributed by atoms with Gasteiger partial charge in [0.05, 0.1) is 6.54 Å². The Kier molecular flexibility index (Phi) is 11.6. The average molecular weight is 419 g/mol. The minimum absolute atomic E-state index is 0. The number of aliphatic hydroxyl groups is 1. The summed E-state index contributed by atoms with van der Waals surface area (Å²) in [7, 11) is 0. The first-order chi connectivity index (χ1) is 10.2. The standard InChI is InChI=1S/C16H25N3O2.HI/c1-4-9-18-16(17-5-2)19-11-14(20)12-21-15-8-6-7-13(3)10-15;/h4,6-8,10,14,20H,1,5,9,11-12H2,2-3H3,(H2,17,18,19);1H. The van der Waals surface area contributed by atoms with Crippen LogP contribution in [0.5, 0.6) is 5.75 Å². The Morgan fingerprint density at radius 1 is 1.45 bits per heavy atom. The topological polar surface area (TPSA) is 65.9 Å². The van der Waals surface area contributed by atoms with E-state index in [0.717, 1.165) is 17.9 Å². The third-order valence-corrected chi connectivity index (χ3v) is 2.65. The Bertz CT molecular complexity index is 466. The van der Waals surface area contributed by atoms with Crippen LogP contribution in [0.1, 0.15) is 12.5 Å². The van der Waals surface area contributed by atoms with Gasteiger partial charge in [0.2, 0.25) is 0 Å². The molecule has 0 aliphatic carbocycles. The van der Waals surface area contributed by atoms with Gasteiger partial charge in [0.25, 0.3) is 0 Å². The van der Waals surface area contributed by atoms with Crippen LogP contribution >= 0.6 is 24.0 Å². The largest absolute Gasteiger partial charge is 0.491 e. The third-order valence-electron chi connectivity index (χ3n) is 2.65. The number of ether oxygens (including phenoxy) is 1. The van der Waals surface area contributed by atoms with Gasteiger partial charge in [0.15, 0.2) is 5.96 Å². The highest BCUT2D eigenvalue weighted by Crippen LogP contribution is 2.12. The van der Waals surface area contributed by atoms with Crippen molar-refractivity contribution in [2.75, 3.05) is 26.2 Å². The van der Waals surface area contributed by atoms with Gasteiger partial charge in [0, 0.05) is 13.1 Å². The van der Waals surface area contributed by atoms with Gasteiger partial charge < -0.3 is 20.5 Å². The summed E-state index contributed by atoms with van der Waals surface area (Å²) in [5.74, 6) is 1.42. The van der Waals surface area contributed by atoms with Crippen molar-refractivity contribution in [3.63, 3.8) is 0 Å². The second-order valence-corrected chi connectivity index (χ2v) is 4.67. The third kappa shape index (κ3) is 8.89. The van der Waals surface area contributed by atoms with Crippen molar-refractivity contribution < 1.29 is 9.84 Å². The Balaban J connectivity index is 0.00000441. The van der Waals surface area contributed by atoms with E-state index in [-0.39, 0.29) is 37.1 Å². The molecule has 1 aromatic carbocycles. The molecule has 0 saturated heterocycles. The Hall–Kier alpha value is -1.28. The first kappa shape index (κ1) is 20.7. The minimum atomic E-state index is -0.648. The highest BCUT2D eigenvalue weighted by Gasteiger charge is 2.05. The number of hydrogen-bond acceptors (Lipinski definition) is 3. The van der Waals surface area contributed by atoms with Gasteiger partial charge in [-0.1, -0.05) is 18.2 Å². The highest BCUT2D eigenvalue weighted by molar-refractivity contribution is 14.0. The number of hydrogen-bond donors (Lipinski definition) is 3. The van der Waals surface area contributed by atoms with E-state index in [1.807, 2.05) is 38.1 Å². The van der Waals surface area contributed by atoms with Crippen molar-refractivity contribution in [1.82, 2.24) is 10.6 Å². The van der Waals surface area contributed by atoms with E-state index in [1.165, 1.54) is 0 Å². The number of rotatable bonds is 8. The lowest BCUT2D eigenvalue weighted by Crippen LogP contribution is -2.38. The van der Waals surface area contributed by atoms with Crippen LogP contribution in [0, 0.1) is 6.92 Å². The minimum Gasteiger partial charge on any atom is -0.491 e. The van der Waals surface area contributed by atoms with E-state index < -0.39 is 6.10 Å². The molecule has 6 heteroatoms. The van der Waals surface area contributed by atoms with Crippen LogP contribution in [-0.4, -0.2) is 43.4 Å². The number of nitrogens with one attached hydrogen (secondary N) is 2. The zero-order valence-electron chi connectivity index (χ0n) is 13.2. The molecule has 0 aliphatic heterocycles. The van der Waals surface area contributed by atoms with Gasteiger partial charge in [-0.05, 0) is 31.5 Å². The zero-order chi connectivity index (χ0) is 15.5. The van der Waals surface area contributed by atoms with Gasteiger partial charge in [0.1, 0.15) is 18.5 Å². The SMILES string of the molecule is C=CCNC(=NCC(O)COc1cccc(C)c1)NCC.I. The Morgan fingerprint density at radius 2 is 2.23 bits per heavy atom. The molecule has 0 radical (unpaired) electrons. The van der Waals surface area contributed by atoms with E-state index in [2.05, 4.69) is 22.2 Å². The maximum Gasteiger partial charge on any atom is 0.191 e. The van der Waals surface area contributed by atoms with Crippen LogP contribution < -0.4 is 15.4 Å². The fraction of sp³-hybridized carbons (Fsp3) is 0.438. The predicted molar refractivity (Wildman–Crippen MR) is 102 cm³/mol. The summed E-state index contributed by atoms with van der Waals surface area (Å²) < 4.78 is 5.55.